The number of H-pyrrole nitrogens is 1. The van der Waals surface area contributed by atoms with E-state index in [0.29, 0.717) is 5.69 Å². The van der Waals surface area contributed by atoms with Crippen LogP contribution >= 0.6 is 0 Å². The lowest BCUT2D eigenvalue weighted by molar-refractivity contribution is 0.0289. The molecule has 2 unspecified atom stereocenters. The van der Waals surface area contributed by atoms with Crippen molar-refractivity contribution in [3.05, 3.63) is 101 Å². The van der Waals surface area contributed by atoms with Crippen LogP contribution in [0.1, 0.15) is 34.5 Å². The average Bonchev–Trinajstić information content (AvgIpc) is 3.38. The lowest BCUT2D eigenvalue weighted by Crippen LogP contribution is -2.53. The number of ether oxygens (including phenoxy) is 2. The second kappa shape index (κ2) is 11.8. The molecule has 0 aliphatic carbocycles. The van der Waals surface area contributed by atoms with Gasteiger partial charge in [0.15, 0.2) is 0 Å². The third-order valence-corrected chi connectivity index (χ3v) is 7.44. The van der Waals surface area contributed by atoms with Crippen LogP contribution in [0.25, 0.3) is 11.4 Å². The van der Waals surface area contributed by atoms with Gasteiger partial charge in [-0.25, -0.2) is 4.98 Å². The average molecular weight is 513 g/mol. The number of para-hydroxylation sites is 2. The second-order valence-electron chi connectivity index (χ2n) is 9.64. The van der Waals surface area contributed by atoms with Gasteiger partial charge >= 0.3 is 0 Å². The second-order valence-corrected chi connectivity index (χ2v) is 9.64. The van der Waals surface area contributed by atoms with E-state index in [1.54, 1.807) is 14.2 Å². The number of hydrogen-bond acceptors (Lipinski definition) is 6. The third-order valence-electron chi connectivity index (χ3n) is 7.44. The summed E-state index contributed by atoms with van der Waals surface area (Å²) in [5.74, 6) is 2.06. The fourth-order valence-electron chi connectivity index (χ4n) is 5.61. The molecule has 0 saturated carbocycles. The van der Waals surface area contributed by atoms with Gasteiger partial charge in [0, 0.05) is 54.5 Å². The molecule has 1 aromatic heterocycles. The number of nitrogens with one attached hydrogen (secondary N) is 2. The topological polar surface area (TPSA) is 82.6 Å². The molecule has 0 amide bonds. The van der Waals surface area contributed by atoms with Gasteiger partial charge in [-0.3, -0.25) is 4.90 Å². The van der Waals surface area contributed by atoms with E-state index >= 15 is 0 Å². The van der Waals surface area contributed by atoms with Gasteiger partial charge in [0.2, 0.25) is 0 Å². The highest BCUT2D eigenvalue weighted by Crippen LogP contribution is 2.44. The van der Waals surface area contributed by atoms with Gasteiger partial charge in [-0.2, -0.15) is 0 Å². The van der Waals surface area contributed by atoms with Crippen molar-refractivity contribution >= 4 is 0 Å². The number of aliphatic hydroxyl groups excluding tert-OH is 1. The quantitative estimate of drug-likeness (QED) is 0.305. The molecular weight excluding hydrogens is 476 g/mol. The maximum absolute atomic E-state index is 12.3. The van der Waals surface area contributed by atoms with Crippen molar-refractivity contribution < 1.29 is 14.6 Å². The first-order valence-electron chi connectivity index (χ1n) is 13.1. The molecule has 7 heteroatoms. The first-order chi connectivity index (χ1) is 18.6. The summed E-state index contributed by atoms with van der Waals surface area (Å²) in [5, 5.41) is 15.7. The summed E-state index contributed by atoms with van der Waals surface area (Å²) in [4.78, 5) is 10.7. The van der Waals surface area contributed by atoms with Crippen LogP contribution < -0.4 is 14.8 Å². The molecule has 7 nitrogen and oxygen atoms in total. The standard InChI is InChI=1S/C31H36N4O3/c1-21-28(34-31(33-21)22-11-5-4-6-12-22)30(36)29(35-19-17-32-18-20-35)27(23-13-7-9-15-25(23)37-2)24-14-8-10-16-26(24)38-3/h4-16,27,29-30,32,36H,17-20H2,1-3H3,(H,33,34). The van der Waals surface area contributed by atoms with Gasteiger partial charge in [0.25, 0.3) is 0 Å². The molecular formula is C31H36N4O3. The molecule has 38 heavy (non-hydrogen) atoms. The van der Waals surface area contributed by atoms with E-state index in [2.05, 4.69) is 27.3 Å². The number of rotatable bonds is 9. The van der Waals surface area contributed by atoms with E-state index in [0.717, 1.165) is 65.9 Å². The number of hydrogen-bond donors (Lipinski definition) is 3. The van der Waals surface area contributed by atoms with Gasteiger partial charge in [-0.15, -0.1) is 0 Å². The predicted molar refractivity (Wildman–Crippen MR) is 150 cm³/mol. The zero-order valence-electron chi connectivity index (χ0n) is 22.2. The molecule has 4 aromatic rings. The van der Waals surface area contributed by atoms with Crippen molar-refractivity contribution in [2.24, 2.45) is 0 Å². The van der Waals surface area contributed by atoms with E-state index in [-0.39, 0.29) is 12.0 Å². The fraction of sp³-hybridized carbons (Fsp3) is 0.323. The molecule has 0 radical (unpaired) electrons. The Morgan fingerprint density at radius 2 is 1.37 bits per heavy atom. The van der Waals surface area contributed by atoms with Crippen LogP contribution in [0.2, 0.25) is 0 Å². The molecule has 1 saturated heterocycles. The molecule has 1 fully saturated rings. The number of imidazole rings is 1. The number of aryl methyl sites for hydroxylation is 1. The highest BCUT2D eigenvalue weighted by molar-refractivity contribution is 5.56. The molecule has 5 rings (SSSR count). The maximum Gasteiger partial charge on any atom is 0.137 e. The van der Waals surface area contributed by atoms with Crippen molar-refractivity contribution in [3.63, 3.8) is 0 Å². The minimum atomic E-state index is -0.873. The summed E-state index contributed by atoms with van der Waals surface area (Å²) in [6, 6.07) is 25.8. The lowest BCUT2D eigenvalue weighted by Gasteiger charge is -2.42. The lowest BCUT2D eigenvalue weighted by atomic mass is 9.79. The summed E-state index contributed by atoms with van der Waals surface area (Å²) in [6.07, 6.45) is -0.873. The highest BCUT2D eigenvalue weighted by Gasteiger charge is 2.40. The number of aliphatic hydroxyl groups is 1. The zero-order chi connectivity index (χ0) is 26.5. The third kappa shape index (κ3) is 5.18. The van der Waals surface area contributed by atoms with Crippen LogP contribution in [0.4, 0.5) is 0 Å². The van der Waals surface area contributed by atoms with Gasteiger partial charge in [-0.1, -0.05) is 66.7 Å². The monoisotopic (exact) mass is 512 g/mol. The van der Waals surface area contributed by atoms with E-state index in [1.807, 2.05) is 73.7 Å². The Morgan fingerprint density at radius 1 is 0.816 bits per heavy atom. The summed E-state index contributed by atoms with van der Waals surface area (Å²) < 4.78 is 11.7. The van der Waals surface area contributed by atoms with Crippen molar-refractivity contribution in [3.8, 4) is 22.9 Å². The van der Waals surface area contributed by atoms with Gasteiger partial charge in [0.05, 0.1) is 26.0 Å². The Kier molecular flexibility index (Phi) is 8.08. The minimum absolute atomic E-state index is 0.244. The Bertz CT molecular complexity index is 1290. The zero-order valence-corrected chi connectivity index (χ0v) is 22.2. The normalized spacial score (nSPS) is 15.8. The predicted octanol–water partition coefficient (Wildman–Crippen LogP) is 4.54. The van der Waals surface area contributed by atoms with E-state index in [1.165, 1.54) is 0 Å². The Morgan fingerprint density at radius 3 is 1.95 bits per heavy atom. The largest absolute Gasteiger partial charge is 0.496 e. The molecule has 0 spiro atoms. The number of benzene rings is 3. The van der Waals surface area contributed by atoms with E-state index < -0.39 is 6.10 Å². The highest BCUT2D eigenvalue weighted by atomic mass is 16.5. The van der Waals surface area contributed by atoms with Crippen LogP contribution in [0.3, 0.4) is 0 Å². The van der Waals surface area contributed by atoms with Crippen LogP contribution in [-0.4, -0.2) is 66.4 Å². The molecule has 1 aliphatic heterocycles. The SMILES string of the molecule is COc1ccccc1C(c1ccccc1OC)C(C(O)c1nc(-c2ccccc2)[nH]c1C)N1CCNCC1. The van der Waals surface area contributed by atoms with Crippen molar-refractivity contribution in [1.29, 1.82) is 0 Å². The number of methoxy groups -OCH3 is 2. The number of piperazine rings is 1. The Labute approximate surface area is 224 Å². The van der Waals surface area contributed by atoms with Crippen LogP contribution in [0.5, 0.6) is 11.5 Å². The first-order valence-corrected chi connectivity index (χ1v) is 13.1. The minimum Gasteiger partial charge on any atom is -0.496 e. The van der Waals surface area contributed by atoms with Gasteiger partial charge in [-0.05, 0) is 19.1 Å². The molecule has 1 aliphatic rings. The van der Waals surface area contributed by atoms with Crippen LogP contribution in [0, 0.1) is 6.92 Å². The molecule has 198 valence electrons. The maximum atomic E-state index is 12.3. The molecule has 2 heterocycles. The van der Waals surface area contributed by atoms with E-state index in [4.69, 9.17) is 14.5 Å². The number of nitrogens with zero attached hydrogens (tertiary/aromatic N) is 2. The number of aromatic nitrogens is 2. The van der Waals surface area contributed by atoms with Crippen molar-refractivity contribution in [1.82, 2.24) is 20.2 Å². The summed E-state index contributed by atoms with van der Waals surface area (Å²) in [7, 11) is 3.39. The first kappa shape index (κ1) is 26.0. The van der Waals surface area contributed by atoms with Crippen LogP contribution in [0.15, 0.2) is 78.9 Å². The van der Waals surface area contributed by atoms with Gasteiger partial charge < -0.3 is 24.9 Å². The van der Waals surface area contributed by atoms with E-state index in [9.17, 15) is 5.11 Å². The fourth-order valence-corrected chi connectivity index (χ4v) is 5.61. The molecule has 2 atom stereocenters. The Hall–Kier alpha value is -3.65. The van der Waals surface area contributed by atoms with Crippen molar-refractivity contribution in [2.75, 3.05) is 40.4 Å². The summed E-state index contributed by atoms with van der Waals surface area (Å²) >= 11 is 0. The Balaban J connectivity index is 1.68. The van der Waals surface area contributed by atoms with Crippen molar-refractivity contribution in [2.45, 2.75) is 25.0 Å². The smallest absolute Gasteiger partial charge is 0.137 e. The van der Waals surface area contributed by atoms with Gasteiger partial charge in [0.1, 0.15) is 23.4 Å². The molecule has 3 N–H and O–H groups in total. The molecule has 0 bridgehead atoms. The summed E-state index contributed by atoms with van der Waals surface area (Å²) in [5.41, 5.74) is 4.49. The number of aromatic amines is 1. The van der Waals surface area contributed by atoms with Crippen LogP contribution in [-0.2, 0) is 0 Å². The molecule has 3 aromatic carbocycles. The summed E-state index contributed by atoms with van der Waals surface area (Å²) in [6.45, 7) is 5.29.